The van der Waals surface area contributed by atoms with Crippen molar-refractivity contribution in [2.45, 2.75) is 19.1 Å². The number of para-hydroxylation sites is 1. The molecule has 0 spiro atoms. The lowest BCUT2D eigenvalue weighted by Gasteiger charge is -2.10. The molecular formula is C19H17N3O2. The number of nitrogens with zero attached hydrogens (tertiary/aromatic N) is 2. The molecule has 3 aromatic rings. The molecule has 2 heterocycles. The highest BCUT2D eigenvalue weighted by molar-refractivity contribution is 5.98. The minimum atomic E-state index is -0.476. The molecule has 4 rings (SSSR count). The Hall–Kier alpha value is -3.08. The van der Waals surface area contributed by atoms with Crippen LogP contribution in [0.3, 0.4) is 0 Å². The van der Waals surface area contributed by atoms with E-state index in [1.165, 1.54) is 5.56 Å². The molecule has 1 unspecified atom stereocenters. The lowest BCUT2D eigenvalue weighted by molar-refractivity contribution is 0.100. The molecule has 1 aromatic heterocycles. The van der Waals surface area contributed by atoms with E-state index < -0.39 is 5.91 Å². The van der Waals surface area contributed by atoms with Crippen molar-refractivity contribution in [2.24, 2.45) is 5.73 Å². The van der Waals surface area contributed by atoms with Crippen LogP contribution in [0.25, 0.3) is 11.3 Å². The van der Waals surface area contributed by atoms with Crippen molar-refractivity contribution in [3.63, 3.8) is 0 Å². The lowest BCUT2D eigenvalue weighted by atomic mass is 10.1. The minimum absolute atomic E-state index is 0.00616. The van der Waals surface area contributed by atoms with E-state index >= 15 is 0 Å². The second kappa shape index (κ2) is 5.85. The highest BCUT2D eigenvalue weighted by Gasteiger charge is 2.24. The Morgan fingerprint density at radius 1 is 1.17 bits per heavy atom. The van der Waals surface area contributed by atoms with Crippen molar-refractivity contribution >= 4 is 5.91 Å². The Morgan fingerprint density at radius 2 is 1.92 bits per heavy atom. The number of primary amides is 1. The first-order chi connectivity index (χ1) is 11.7. The fraction of sp³-hybridized carbons (Fsp3) is 0.158. The predicted molar refractivity (Wildman–Crippen MR) is 90.7 cm³/mol. The molecule has 120 valence electrons. The third-order valence-electron chi connectivity index (χ3n) is 4.18. The molecule has 1 amide bonds. The second-order valence-electron chi connectivity index (χ2n) is 5.90. The monoisotopic (exact) mass is 319 g/mol. The quantitative estimate of drug-likeness (QED) is 0.803. The number of carbonyl (C=O) groups excluding carboxylic acids is 1. The van der Waals surface area contributed by atoms with Crippen molar-refractivity contribution in [3.8, 4) is 17.0 Å². The van der Waals surface area contributed by atoms with Crippen LogP contribution in [0.15, 0.2) is 60.8 Å². The average Bonchev–Trinajstić information content (AvgIpc) is 3.19. The van der Waals surface area contributed by atoms with Gasteiger partial charge in [-0.3, -0.25) is 9.48 Å². The molecule has 24 heavy (non-hydrogen) atoms. The molecule has 1 aliphatic heterocycles. The SMILES string of the molecule is NC(=O)c1cn(CC2Cc3ccccc3O2)nc1-c1ccccc1. The Labute approximate surface area is 139 Å². The van der Waals surface area contributed by atoms with Gasteiger partial charge in [-0.25, -0.2) is 0 Å². The van der Waals surface area contributed by atoms with Crippen LogP contribution in [-0.2, 0) is 13.0 Å². The predicted octanol–water partition coefficient (Wildman–Crippen LogP) is 2.65. The summed E-state index contributed by atoms with van der Waals surface area (Å²) in [4.78, 5) is 11.8. The van der Waals surface area contributed by atoms with E-state index in [-0.39, 0.29) is 6.10 Å². The Balaban J connectivity index is 1.60. The van der Waals surface area contributed by atoms with Gasteiger partial charge in [-0.15, -0.1) is 0 Å². The first-order valence-corrected chi connectivity index (χ1v) is 7.88. The zero-order chi connectivity index (χ0) is 16.5. The third kappa shape index (κ3) is 2.65. The molecule has 0 aliphatic carbocycles. The van der Waals surface area contributed by atoms with Crippen LogP contribution in [0.2, 0.25) is 0 Å². The van der Waals surface area contributed by atoms with Gasteiger partial charge >= 0.3 is 0 Å². The molecule has 5 nitrogen and oxygen atoms in total. The van der Waals surface area contributed by atoms with E-state index in [9.17, 15) is 4.79 Å². The maximum absolute atomic E-state index is 11.8. The summed E-state index contributed by atoms with van der Waals surface area (Å²) in [6.07, 6.45) is 2.55. The van der Waals surface area contributed by atoms with Gasteiger partial charge < -0.3 is 10.5 Å². The van der Waals surface area contributed by atoms with Gasteiger partial charge in [0.05, 0.1) is 12.1 Å². The van der Waals surface area contributed by atoms with Crippen LogP contribution in [0.1, 0.15) is 15.9 Å². The summed E-state index contributed by atoms with van der Waals surface area (Å²) in [6, 6.07) is 17.6. The molecule has 0 radical (unpaired) electrons. The topological polar surface area (TPSA) is 70.1 Å². The van der Waals surface area contributed by atoms with Crippen LogP contribution >= 0.6 is 0 Å². The summed E-state index contributed by atoms with van der Waals surface area (Å²) in [5.74, 6) is 0.448. The molecule has 0 saturated carbocycles. The molecule has 0 bridgehead atoms. The van der Waals surface area contributed by atoms with E-state index in [1.807, 2.05) is 48.5 Å². The Kier molecular flexibility index (Phi) is 3.54. The number of benzene rings is 2. The van der Waals surface area contributed by atoms with Crippen molar-refractivity contribution in [1.82, 2.24) is 9.78 Å². The average molecular weight is 319 g/mol. The van der Waals surface area contributed by atoms with Gasteiger partial charge in [-0.2, -0.15) is 5.10 Å². The van der Waals surface area contributed by atoms with E-state index in [0.29, 0.717) is 17.8 Å². The standard InChI is InChI=1S/C19H17N3O2/c20-19(23)16-12-22(21-18(16)13-6-2-1-3-7-13)11-15-10-14-8-4-5-9-17(14)24-15/h1-9,12,15H,10-11H2,(H2,20,23). The zero-order valence-corrected chi connectivity index (χ0v) is 13.1. The summed E-state index contributed by atoms with van der Waals surface area (Å²) < 4.78 is 7.70. The summed E-state index contributed by atoms with van der Waals surface area (Å²) in [7, 11) is 0. The normalized spacial score (nSPS) is 15.8. The van der Waals surface area contributed by atoms with Crippen molar-refractivity contribution < 1.29 is 9.53 Å². The number of carbonyl (C=O) groups is 1. The van der Waals surface area contributed by atoms with Gasteiger partial charge in [0, 0.05) is 18.2 Å². The number of amides is 1. The third-order valence-corrected chi connectivity index (χ3v) is 4.18. The molecule has 5 heteroatoms. The number of aromatic nitrogens is 2. The molecule has 0 saturated heterocycles. The van der Waals surface area contributed by atoms with Crippen LogP contribution < -0.4 is 10.5 Å². The smallest absolute Gasteiger partial charge is 0.252 e. The number of hydrogen-bond donors (Lipinski definition) is 1. The van der Waals surface area contributed by atoms with Gasteiger partial charge in [0.25, 0.3) is 5.91 Å². The van der Waals surface area contributed by atoms with Crippen LogP contribution in [0.5, 0.6) is 5.75 Å². The summed E-state index contributed by atoms with van der Waals surface area (Å²) in [5.41, 5.74) is 8.63. The molecule has 2 N–H and O–H groups in total. The van der Waals surface area contributed by atoms with Crippen LogP contribution in [0, 0.1) is 0 Å². The number of ether oxygens (including phenoxy) is 1. The van der Waals surface area contributed by atoms with Crippen LogP contribution in [0.4, 0.5) is 0 Å². The molecule has 0 fully saturated rings. The zero-order valence-electron chi connectivity index (χ0n) is 13.1. The van der Waals surface area contributed by atoms with Crippen molar-refractivity contribution in [2.75, 3.05) is 0 Å². The summed E-state index contributed by atoms with van der Waals surface area (Å²) in [5, 5.41) is 4.56. The fourth-order valence-corrected chi connectivity index (χ4v) is 3.07. The van der Waals surface area contributed by atoms with E-state index in [0.717, 1.165) is 17.7 Å². The van der Waals surface area contributed by atoms with E-state index in [1.54, 1.807) is 10.9 Å². The van der Waals surface area contributed by atoms with Crippen LogP contribution in [-0.4, -0.2) is 21.8 Å². The number of fused-ring (bicyclic) bond motifs is 1. The Bertz CT molecular complexity index is 862. The number of rotatable bonds is 4. The first-order valence-electron chi connectivity index (χ1n) is 7.88. The molecule has 2 aromatic carbocycles. The van der Waals surface area contributed by atoms with Crippen molar-refractivity contribution in [1.29, 1.82) is 0 Å². The summed E-state index contributed by atoms with van der Waals surface area (Å²) in [6.45, 7) is 0.571. The largest absolute Gasteiger partial charge is 0.488 e. The molecule has 1 atom stereocenters. The first kappa shape index (κ1) is 14.5. The Morgan fingerprint density at radius 3 is 2.67 bits per heavy atom. The second-order valence-corrected chi connectivity index (χ2v) is 5.90. The number of nitrogens with two attached hydrogens (primary N) is 1. The fourth-order valence-electron chi connectivity index (χ4n) is 3.07. The molecular weight excluding hydrogens is 302 g/mol. The highest BCUT2D eigenvalue weighted by atomic mass is 16.5. The highest BCUT2D eigenvalue weighted by Crippen LogP contribution is 2.29. The number of hydrogen-bond acceptors (Lipinski definition) is 3. The van der Waals surface area contributed by atoms with Gasteiger partial charge in [0.1, 0.15) is 17.5 Å². The maximum Gasteiger partial charge on any atom is 0.252 e. The maximum atomic E-state index is 11.8. The van der Waals surface area contributed by atoms with Gasteiger partial charge in [-0.05, 0) is 11.6 Å². The van der Waals surface area contributed by atoms with E-state index in [4.69, 9.17) is 10.5 Å². The van der Waals surface area contributed by atoms with Crippen molar-refractivity contribution in [3.05, 3.63) is 71.9 Å². The minimum Gasteiger partial charge on any atom is -0.488 e. The molecule has 1 aliphatic rings. The van der Waals surface area contributed by atoms with Gasteiger partial charge in [0.15, 0.2) is 0 Å². The van der Waals surface area contributed by atoms with Gasteiger partial charge in [0.2, 0.25) is 0 Å². The lowest BCUT2D eigenvalue weighted by Crippen LogP contribution is -2.21. The van der Waals surface area contributed by atoms with E-state index in [2.05, 4.69) is 11.2 Å². The summed E-state index contributed by atoms with van der Waals surface area (Å²) >= 11 is 0. The van der Waals surface area contributed by atoms with Gasteiger partial charge in [-0.1, -0.05) is 48.5 Å².